The van der Waals surface area contributed by atoms with Gasteiger partial charge in [0.1, 0.15) is 0 Å². The van der Waals surface area contributed by atoms with Crippen molar-refractivity contribution in [3.05, 3.63) is 90.5 Å². The van der Waals surface area contributed by atoms with Crippen LogP contribution in [0.25, 0.3) is 32.9 Å². The summed E-state index contributed by atoms with van der Waals surface area (Å²) < 4.78 is 16.5. The molecule has 0 bridgehead atoms. The van der Waals surface area contributed by atoms with Crippen molar-refractivity contribution in [3.8, 4) is 28.5 Å². The number of aromatic nitrogens is 1. The van der Waals surface area contributed by atoms with Gasteiger partial charge in [-0.3, -0.25) is 4.79 Å². The van der Waals surface area contributed by atoms with Crippen LogP contribution in [-0.2, 0) is 0 Å². The van der Waals surface area contributed by atoms with E-state index in [0.29, 0.717) is 34.0 Å². The monoisotopic (exact) mass is 464 g/mol. The van der Waals surface area contributed by atoms with Crippen molar-refractivity contribution in [2.24, 2.45) is 0 Å². The minimum absolute atomic E-state index is 0.214. The summed E-state index contributed by atoms with van der Waals surface area (Å²) in [5.41, 5.74) is 3.34. The number of ether oxygens (including phenoxy) is 3. The summed E-state index contributed by atoms with van der Waals surface area (Å²) in [6, 6.07) is 26.9. The number of amides is 1. The van der Waals surface area contributed by atoms with Crippen LogP contribution in [-0.4, -0.2) is 32.2 Å². The summed E-state index contributed by atoms with van der Waals surface area (Å²) in [7, 11) is 4.69. The number of hydrogen-bond acceptors (Lipinski definition) is 5. The molecule has 0 atom stereocenters. The molecule has 1 heterocycles. The van der Waals surface area contributed by atoms with Gasteiger partial charge in [0.2, 0.25) is 5.75 Å². The molecule has 0 spiro atoms. The topological polar surface area (TPSA) is 69.7 Å². The van der Waals surface area contributed by atoms with Crippen molar-refractivity contribution in [1.29, 1.82) is 0 Å². The molecule has 1 N–H and O–H groups in total. The maximum Gasteiger partial charge on any atom is 0.256 e. The van der Waals surface area contributed by atoms with Gasteiger partial charge in [0.05, 0.1) is 38.1 Å². The van der Waals surface area contributed by atoms with Crippen LogP contribution in [0.15, 0.2) is 84.9 Å². The Morgan fingerprint density at radius 3 is 2.11 bits per heavy atom. The highest BCUT2D eigenvalue weighted by Crippen LogP contribution is 2.41. The van der Waals surface area contributed by atoms with Crippen LogP contribution in [0.4, 0.5) is 5.69 Å². The molecule has 35 heavy (non-hydrogen) atoms. The van der Waals surface area contributed by atoms with Crippen molar-refractivity contribution >= 4 is 33.3 Å². The van der Waals surface area contributed by atoms with Gasteiger partial charge < -0.3 is 19.5 Å². The average Bonchev–Trinajstić information content (AvgIpc) is 2.91. The molecule has 6 heteroatoms. The van der Waals surface area contributed by atoms with E-state index in [2.05, 4.69) is 5.32 Å². The van der Waals surface area contributed by atoms with Crippen LogP contribution in [0.5, 0.6) is 17.2 Å². The van der Waals surface area contributed by atoms with E-state index in [0.717, 1.165) is 27.4 Å². The smallest absolute Gasteiger partial charge is 0.256 e. The number of rotatable bonds is 6. The number of pyridine rings is 1. The number of para-hydroxylation sites is 1. The van der Waals surface area contributed by atoms with Crippen LogP contribution < -0.4 is 19.5 Å². The Kier molecular flexibility index (Phi) is 5.94. The lowest BCUT2D eigenvalue weighted by molar-refractivity contribution is 0.102. The summed E-state index contributed by atoms with van der Waals surface area (Å²) in [6.07, 6.45) is 0. The van der Waals surface area contributed by atoms with Crippen LogP contribution in [0.3, 0.4) is 0 Å². The molecule has 6 nitrogen and oxygen atoms in total. The van der Waals surface area contributed by atoms with Crippen LogP contribution in [0, 0.1) is 0 Å². The quantitative estimate of drug-likeness (QED) is 0.318. The molecule has 0 aliphatic carbocycles. The Hall–Kier alpha value is -4.58. The molecule has 4 aromatic carbocycles. The molecule has 0 aliphatic rings. The van der Waals surface area contributed by atoms with Gasteiger partial charge in [-0.05, 0) is 35.7 Å². The van der Waals surface area contributed by atoms with E-state index in [9.17, 15) is 4.79 Å². The summed E-state index contributed by atoms with van der Waals surface area (Å²) in [5, 5.41) is 5.90. The van der Waals surface area contributed by atoms with Gasteiger partial charge in [0.15, 0.2) is 11.5 Å². The maximum atomic E-state index is 13.6. The number of hydrogen-bond donors (Lipinski definition) is 1. The third kappa shape index (κ3) is 4.10. The van der Waals surface area contributed by atoms with Crippen LogP contribution >= 0.6 is 0 Å². The lowest BCUT2D eigenvalue weighted by Crippen LogP contribution is -2.13. The number of carbonyl (C=O) groups is 1. The second-order valence-electron chi connectivity index (χ2n) is 7.97. The molecule has 0 unspecified atom stereocenters. The molecule has 5 aromatic rings. The molecule has 5 rings (SSSR count). The molecular formula is C29H24N2O4. The highest BCUT2D eigenvalue weighted by molar-refractivity contribution is 6.15. The molecule has 0 fully saturated rings. The molecule has 1 amide bonds. The SMILES string of the molecule is COc1cc(-c2cc(C(=O)Nc3cccc4ccccc34)c3ccccc3n2)cc(OC)c1OC. The zero-order valence-electron chi connectivity index (χ0n) is 19.7. The fourth-order valence-corrected chi connectivity index (χ4v) is 4.26. The van der Waals surface area contributed by atoms with E-state index >= 15 is 0 Å². The zero-order chi connectivity index (χ0) is 24.4. The molecule has 174 valence electrons. The Balaban J connectivity index is 1.64. The minimum atomic E-state index is -0.214. The number of methoxy groups -OCH3 is 3. The maximum absolute atomic E-state index is 13.6. The standard InChI is InChI=1S/C29H24N2O4/c1-33-26-15-19(16-27(34-2)28(26)35-3)25-17-22(21-12-6-7-13-24(21)30-25)29(32)31-23-14-8-10-18-9-4-5-11-20(18)23/h4-17H,1-3H3,(H,31,32). The molecule has 0 saturated heterocycles. The Morgan fingerprint density at radius 2 is 1.40 bits per heavy atom. The first-order valence-corrected chi connectivity index (χ1v) is 11.1. The first kappa shape index (κ1) is 22.2. The number of fused-ring (bicyclic) bond motifs is 2. The van der Waals surface area contributed by atoms with E-state index in [1.54, 1.807) is 27.4 Å². The first-order chi connectivity index (χ1) is 17.1. The van der Waals surface area contributed by atoms with E-state index in [4.69, 9.17) is 19.2 Å². The van der Waals surface area contributed by atoms with E-state index in [1.807, 2.05) is 78.9 Å². The second-order valence-corrected chi connectivity index (χ2v) is 7.97. The number of carbonyl (C=O) groups excluding carboxylic acids is 1. The Bertz CT molecular complexity index is 1530. The second kappa shape index (κ2) is 9.35. The normalized spacial score (nSPS) is 10.8. The van der Waals surface area contributed by atoms with Gasteiger partial charge in [-0.15, -0.1) is 0 Å². The average molecular weight is 465 g/mol. The zero-order valence-corrected chi connectivity index (χ0v) is 19.7. The van der Waals surface area contributed by atoms with E-state index < -0.39 is 0 Å². The number of benzene rings is 4. The van der Waals surface area contributed by atoms with E-state index in [-0.39, 0.29) is 5.91 Å². The van der Waals surface area contributed by atoms with Crippen molar-refractivity contribution in [2.45, 2.75) is 0 Å². The largest absolute Gasteiger partial charge is 0.493 e. The van der Waals surface area contributed by atoms with Crippen molar-refractivity contribution < 1.29 is 19.0 Å². The third-order valence-corrected chi connectivity index (χ3v) is 5.96. The van der Waals surface area contributed by atoms with Gasteiger partial charge in [0.25, 0.3) is 5.91 Å². The third-order valence-electron chi connectivity index (χ3n) is 5.96. The molecule has 0 aliphatic heterocycles. The fourth-order valence-electron chi connectivity index (χ4n) is 4.26. The van der Waals surface area contributed by atoms with Crippen LogP contribution in [0.1, 0.15) is 10.4 Å². The lowest BCUT2D eigenvalue weighted by Gasteiger charge is -2.15. The molecule has 1 aromatic heterocycles. The van der Waals surface area contributed by atoms with Crippen LogP contribution in [0.2, 0.25) is 0 Å². The van der Waals surface area contributed by atoms with Crippen molar-refractivity contribution in [1.82, 2.24) is 4.98 Å². The number of nitrogens with zero attached hydrogens (tertiary/aromatic N) is 1. The highest BCUT2D eigenvalue weighted by atomic mass is 16.5. The van der Waals surface area contributed by atoms with Crippen molar-refractivity contribution in [2.75, 3.05) is 26.6 Å². The van der Waals surface area contributed by atoms with Gasteiger partial charge in [-0.2, -0.15) is 0 Å². The predicted molar refractivity (Wildman–Crippen MR) is 139 cm³/mol. The van der Waals surface area contributed by atoms with Gasteiger partial charge in [-0.25, -0.2) is 4.98 Å². The fraction of sp³-hybridized carbons (Fsp3) is 0.103. The lowest BCUT2D eigenvalue weighted by atomic mass is 10.0. The van der Waals surface area contributed by atoms with Gasteiger partial charge in [-0.1, -0.05) is 54.6 Å². The summed E-state index contributed by atoms with van der Waals surface area (Å²) in [6.45, 7) is 0. The summed E-state index contributed by atoms with van der Waals surface area (Å²) in [4.78, 5) is 18.4. The Morgan fingerprint density at radius 1 is 0.743 bits per heavy atom. The predicted octanol–water partition coefficient (Wildman–Crippen LogP) is 6.33. The molecular weight excluding hydrogens is 440 g/mol. The van der Waals surface area contributed by atoms with Gasteiger partial charge >= 0.3 is 0 Å². The molecule has 0 radical (unpaired) electrons. The number of nitrogens with one attached hydrogen (secondary N) is 1. The highest BCUT2D eigenvalue weighted by Gasteiger charge is 2.18. The van der Waals surface area contributed by atoms with Crippen molar-refractivity contribution in [3.63, 3.8) is 0 Å². The number of anilines is 1. The Labute approximate surface area is 203 Å². The van der Waals surface area contributed by atoms with Gasteiger partial charge in [0, 0.05) is 22.0 Å². The summed E-state index contributed by atoms with van der Waals surface area (Å²) >= 11 is 0. The summed E-state index contributed by atoms with van der Waals surface area (Å²) in [5.74, 6) is 1.30. The van der Waals surface area contributed by atoms with E-state index in [1.165, 1.54) is 0 Å². The first-order valence-electron chi connectivity index (χ1n) is 11.1. The minimum Gasteiger partial charge on any atom is -0.493 e. The molecule has 0 saturated carbocycles.